The fourth-order valence-electron chi connectivity index (χ4n) is 6.02. The zero-order chi connectivity index (χ0) is 26.9. The Morgan fingerprint density at radius 2 is 1.41 bits per heavy atom. The summed E-state index contributed by atoms with van der Waals surface area (Å²) in [5.74, 6) is 1.60. The van der Waals surface area contributed by atoms with E-state index in [9.17, 15) is 9.59 Å². The Balaban J connectivity index is 1.11. The van der Waals surface area contributed by atoms with Gasteiger partial charge in [0.2, 0.25) is 0 Å². The van der Waals surface area contributed by atoms with Gasteiger partial charge >= 0.3 is 0 Å². The van der Waals surface area contributed by atoms with Crippen LogP contribution in [0.25, 0.3) is 22.2 Å². The van der Waals surface area contributed by atoms with Crippen LogP contribution in [0, 0.1) is 13.8 Å². The van der Waals surface area contributed by atoms with E-state index in [-0.39, 0.29) is 11.8 Å². The van der Waals surface area contributed by atoms with E-state index in [4.69, 9.17) is 9.40 Å². The summed E-state index contributed by atoms with van der Waals surface area (Å²) in [4.78, 5) is 38.0. The molecule has 200 valence electrons. The first-order valence-electron chi connectivity index (χ1n) is 13.8. The van der Waals surface area contributed by atoms with E-state index in [1.807, 2.05) is 90.4 Å². The number of fused-ring (bicyclic) bond motifs is 1. The molecule has 2 amide bonds. The molecule has 2 aliphatic heterocycles. The van der Waals surface area contributed by atoms with Crippen molar-refractivity contribution in [3.8, 4) is 11.3 Å². The molecule has 7 nitrogen and oxygen atoms in total. The van der Waals surface area contributed by atoms with Crippen LogP contribution in [-0.2, 0) is 0 Å². The maximum atomic E-state index is 13.8. The normalized spacial score (nSPS) is 17.1. The number of piperazine rings is 1. The van der Waals surface area contributed by atoms with Gasteiger partial charge in [-0.05, 0) is 44.9 Å². The summed E-state index contributed by atoms with van der Waals surface area (Å²) in [6, 6.07) is 22.1. The molecule has 0 radical (unpaired) electrons. The topological polar surface area (TPSA) is 69.9 Å². The van der Waals surface area contributed by atoms with E-state index in [0.29, 0.717) is 36.0 Å². The van der Waals surface area contributed by atoms with Crippen molar-refractivity contribution in [2.45, 2.75) is 32.7 Å². The molecule has 4 aromatic rings. The standard InChI is InChI=1S/C32H34N4O3/c1-22-20-27(23(2)39-22)31(37)35-14-12-25(13-15-35)34-16-18-36(19-17-34)32(38)28-21-30(24-8-4-3-5-9-24)33-29-11-7-6-10-26(28)29/h3-11,20-21,25H,12-19H2,1-2H3. The van der Waals surface area contributed by atoms with Crippen LogP contribution >= 0.6 is 0 Å². The first-order chi connectivity index (χ1) is 19.0. The summed E-state index contributed by atoms with van der Waals surface area (Å²) >= 11 is 0. The van der Waals surface area contributed by atoms with Gasteiger partial charge < -0.3 is 14.2 Å². The average molecular weight is 523 g/mol. The summed E-state index contributed by atoms with van der Waals surface area (Å²) in [6.07, 6.45) is 1.90. The predicted molar refractivity (Wildman–Crippen MR) is 152 cm³/mol. The van der Waals surface area contributed by atoms with Gasteiger partial charge in [0.05, 0.1) is 22.3 Å². The minimum atomic E-state index is 0.0663. The van der Waals surface area contributed by atoms with Gasteiger partial charge in [-0.15, -0.1) is 0 Å². The maximum Gasteiger partial charge on any atom is 0.257 e. The summed E-state index contributed by atoms with van der Waals surface area (Å²) in [5.41, 5.74) is 4.05. The lowest BCUT2D eigenvalue weighted by Gasteiger charge is -2.42. The van der Waals surface area contributed by atoms with Crippen molar-refractivity contribution >= 4 is 22.7 Å². The number of aryl methyl sites for hydroxylation is 2. The fraction of sp³-hybridized carbons (Fsp3) is 0.344. The van der Waals surface area contributed by atoms with Gasteiger partial charge in [0.25, 0.3) is 11.8 Å². The molecular weight excluding hydrogens is 488 g/mol. The van der Waals surface area contributed by atoms with Crippen LogP contribution in [0.1, 0.15) is 45.1 Å². The number of furan rings is 1. The lowest BCUT2D eigenvalue weighted by atomic mass is 10.0. The summed E-state index contributed by atoms with van der Waals surface area (Å²) in [5, 5.41) is 0.893. The SMILES string of the molecule is Cc1cc(C(=O)N2CCC(N3CCN(C(=O)c4cc(-c5ccccc5)nc5ccccc45)CC3)CC2)c(C)o1. The molecule has 0 saturated carbocycles. The zero-order valence-corrected chi connectivity index (χ0v) is 22.6. The van der Waals surface area contributed by atoms with Crippen LogP contribution in [0.5, 0.6) is 0 Å². The second kappa shape index (κ2) is 10.7. The highest BCUT2D eigenvalue weighted by Crippen LogP contribution is 2.27. The van der Waals surface area contributed by atoms with Gasteiger partial charge in [0, 0.05) is 56.3 Å². The van der Waals surface area contributed by atoms with Crippen molar-refractivity contribution in [1.29, 1.82) is 0 Å². The molecule has 4 heterocycles. The number of rotatable bonds is 4. The van der Waals surface area contributed by atoms with Crippen LogP contribution in [0.4, 0.5) is 0 Å². The molecule has 2 aliphatic rings. The molecule has 0 spiro atoms. The molecule has 6 rings (SSSR count). The van der Waals surface area contributed by atoms with Crippen molar-refractivity contribution in [1.82, 2.24) is 19.7 Å². The van der Waals surface area contributed by atoms with Crippen molar-refractivity contribution in [3.05, 3.63) is 89.4 Å². The molecule has 39 heavy (non-hydrogen) atoms. The number of nitrogens with zero attached hydrogens (tertiary/aromatic N) is 4. The van der Waals surface area contributed by atoms with E-state index >= 15 is 0 Å². The first kappa shape index (κ1) is 25.3. The number of pyridine rings is 1. The predicted octanol–water partition coefficient (Wildman–Crippen LogP) is 5.17. The summed E-state index contributed by atoms with van der Waals surface area (Å²) in [7, 11) is 0. The van der Waals surface area contributed by atoms with Gasteiger partial charge in [-0.2, -0.15) is 0 Å². The number of carbonyl (C=O) groups excluding carboxylic acids is 2. The highest BCUT2D eigenvalue weighted by Gasteiger charge is 2.32. The number of hydrogen-bond acceptors (Lipinski definition) is 5. The highest BCUT2D eigenvalue weighted by atomic mass is 16.3. The minimum Gasteiger partial charge on any atom is -0.466 e. The lowest BCUT2D eigenvalue weighted by Crippen LogP contribution is -2.54. The third-order valence-electron chi connectivity index (χ3n) is 8.16. The largest absolute Gasteiger partial charge is 0.466 e. The number of likely N-dealkylation sites (tertiary alicyclic amines) is 1. The van der Waals surface area contributed by atoms with Crippen molar-refractivity contribution < 1.29 is 14.0 Å². The van der Waals surface area contributed by atoms with Crippen LogP contribution in [0.2, 0.25) is 0 Å². The minimum absolute atomic E-state index is 0.0663. The molecule has 0 atom stereocenters. The van der Waals surface area contributed by atoms with E-state index in [1.165, 1.54) is 0 Å². The Kier molecular flexibility index (Phi) is 6.92. The number of para-hydroxylation sites is 1. The molecule has 7 heteroatoms. The van der Waals surface area contributed by atoms with E-state index in [2.05, 4.69) is 4.90 Å². The summed E-state index contributed by atoms with van der Waals surface area (Å²) in [6.45, 7) is 8.31. The molecule has 0 unspecified atom stereocenters. The Bertz CT molecular complexity index is 1500. The van der Waals surface area contributed by atoms with Gasteiger partial charge in [0.15, 0.2) is 0 Å². The maximum absolute atomic E-state index is 13.8. The van der Waals surface area contributed by atoms with Crippen LogP contribution in [0.15, 0.2) is 71.1 Å². The zero-order valence-electron chi connectivity index (χ0n) is 22.6. The molecule has 2 aromatic heterocycles. The Labute approximate surface area is 229 Å². The van der Waals surface area contributed by atoms with Gasteiger partial charge in [-0.25, -0.2) is 4.98 Å². The van der Waals surface area contributed by atoms with Crippen molar-refractivity contribution in [3.63, 3.8) is 0 Å². The Morgan fingerprint density at radius 1 is 0.769 bits per heavy atom. The van der Waals surface area contributed by atoms with Crippen LogP contribution in [0.3, 0.4) is 0 Å². The molecule has 2 fully saturated rings. The van der Waals surface area contributed by atoms with Crippen molar-refractivity contribution in [2.75, 3.05) is 39.3 Å². The highest BCUT2D eigenvalue weighted by molar-refractivity contribution is 6.07. The number of piperidine rings is 1. The third kappa shape index (κ3) is 5.06. The van der Waals surface area contributed by atoms with Crippen LogP contribution < -0.4 is 0 Å². The second-order valence-electron chi connectivity index (χ2n) is 10.6. The molecule has 2 saturated heterocycles. The Morgan fingerprint density at radius 3 is 2.10 bits per heavy atom. The van der Waals surface area contributed by atoms with E-state index in [1.54, 1.807) is 0 Å². The smallest absolute Gasteiger partial charge is 0.257 e. The average Bonchev–Trinajstić information content (AvgIpc) is 3.33. The van der Waals surface area contributed by atoms with E-state index < -0.39 is 0 Å². The Hall–Kier alpha value is -3.97. The number of aromatic nitrogens is 1. The molecule has 2 aromatic carbocycles. The van der Waals surface area contributed by atoms with Gasteiger partial charge in [-0.3, -0.25) is 14.5 Å². The van der Waals surface area contributed by atoms with Gasteiger partial charge in [0.1, 0.15) is 11.5 Å². The van der Waals surface area contributed by atoms with Gasteiger partial charge in [-0.1, -0.05) is 48.5 Å². The summed E-state index contributed by atoms with van der Waals surface area (Å²) < 4.78 is 5.57. The number of benzene rings is 2. The monoisotopic (exact) mass is 522 g/mol. The molecule has 0 aliphatic carbocycles. The molecule has 0 N–H and O–H groups in total. The number of amides is 2. The quantitative estimate of drug-likeness (QED) is 0.370. The van der Waals surface area contributed by atoms with Crippen LogP contribution in [-0.4, -0.2) is 76.8 Å². The van der Waals surface area contributed by atoms with E-state index in [0.717, 1.165) is 66.9 Å². The number of carbonyl (C=O) groups is 2. The number of hydrogen-bond donors (Lipinski definition) is 0. The molecular formula is C32H34N4O3. The van der Waals surface area contributed by atoms with Crippen molar-refractivity contribution in [2.24, 2.45) is 0 Å². The first-order valence-corrected chi connectivity index (χ1v) is 13.8. The molecule has 0 bridgehead atoms. The lowest BCUT2D eigenvalue weighted by molar-refractivity contribution is 0.0412. The third-order valence-corrected chi connectivity index (χ3v) is 8.16. The fourth-order valence-corrected chi connectivity index (χ4v) is 6.02. The second-order valence-corrected chi connectivity index (χ2v) is 10.6.